The Morgan fingerprint density at radius 2 is 1.78 bits per heavy atom. The maximum Gasteiger partial charge on any atom is 0.319 e. The number of thiazole rings is 1. The fourth-order valence-corrected chi connectivity index (χ4v) is 2.00. The first-order chi connectivity index (χ1) is 12.9. The summed E-state index contributed by atoms with van der Waals surface area (Å²) in [5.41, 5.74) is 0.975. The molecule has 0 atom stereocenters. The topological polar surface area (TPSA) is 71.5 Å². The van der Waals surface area contributed by atoms with E-state index in [-0.39, 0.29) is 12.5 Å². The second-order valence-electron chi connectivity index (χ2n) is 5.17. The summed E-state index contributed by atoms with van der Waals surface area (Å²) in [6.45, 7) is 17.4. The van der Waals surface area contributed by atoms with Crippen LogP contribution in [0.5, 0.6) is 0 Å². The minimum atomic E-state index is -0.234. The Labute approximate surface area is 171 Å². The molecule has 0 aliphatic heterocycles. The maximum atomic E-state index is 10.4. The van der Waals surface area contributed by atoms with Gasteiger partial charge in [0.25, 0.3) is 0 Å². The number of hydrogen-bond acceptors (Lipinski definition) is 6. The number of esters is 1. The molecular formula is C20H43N3O3S. The number of carbonyl (C=O) groups excluding carboxylic acids is 2. The van der Waals surface area contributed by atoms with E-state index < -0.39 is 0 Å². The molecule has 1 aromatic heterocycles. The van der Waals surface area contributed by atoms with E-state index in [1.807, 2.05) is 33.1 Å². The van der Waals surface area contributed by atoms with Gasteiger partial charge in [0.1, 0.15) is 0 Å². The minimum absolute atomic E-state index is 0.234. The van der Waals surface area contributed by atoms with Gasteiger partial charge in [-0.1, -0.05) is 61.8 Å². The molecular weight excluding hydrogens is 362 g/mol. The van der Waals surface area contributed by atoms with E-state index in [2.05, 4.69) is 42.7 Å². The molecule has 0 saturated heterocycles. The highest BCUT2D eigenvalue weighted by atomic mass is 32.1. The fourth-order valence-electron chi connectivity index (χ4n) is 1.17. The third-order valence-corrected chi connectivity index (χ3v) is 3.40. The van der Waals surface area contributed by atoms with Crippen molar-refractivity contribution in [2.45, 2.75) is 74.3 Å². The monoisotopic (exact) mass is 405 g/mol. The Hall–Kier alpha value is -1.47. The summed E-state index contributed by atoms with van der Waals surface area (Å²) in [5, 5.41) is 5.79. The smallest absolute Gasteiger partial charge is 0.319 e. The van der Waals surface area contributed by atoms with Gasteiger partial charge in [0.15, 0.2) is 0 Å². The van der Waals surface area contributed by atoms with Crippen LogP contribution in [0.4, 0.5) is 0 Å². The zero-order chi connectivity index (χ0) is 22.3. The number of nitrogens with one attached hydrogen (secondary N) is 1. The molecule has 0 bridgehead atoms. The molecule has 1 aromatic rings. The first-order valence-electron chi connectivity index (χ1n) is 9.67. The Kier molecular flexibility index (Phi) is 32.8. The molecule has 1 rings (SSSR count). The van der Waals surface area contributed by atoms with Gasteiger partial charge in [0.2, 0.25) is 6.41 Å². The van der Waals surface area contributed by atoms with Crippen molar-refractivity contribution >= 4 is 23.7 Å². The second-order valence-corrected chi connectivity index (χ2v) is 6.06. The number of ether oxygens (including phenoxy) is 1. The SMILES string of the molecule is CC.CC.CC(C)c1nc(CN(C)C=O)cs1.CCC.CNCC(=O)OC. The normalized spacial score (nSPS) is 8.30. The van der Waals surface area contributed by atoms with Gasteiger partial charge in [0.05, 0.1) is 30.9 Å². The third kappa shape index (κ3) is 24.5. The summed E-state index contributed by atoms with van der Waals surface area (Å²) >= 11 is 1.66. The Morgan fingerprint density at radius 1 is 1.30 bits per heavy atom. The zero-order valence-corrected chi connectivity index (χ0v) is 20.2. The van der Waals surface area contributed by atoms with Crippen LogP contribution in [-0.4, -0.2) is 50.0 Å². The lowest BCUT2D eigenvalue weighted by Gasteiger charge is -2.06. The fraction of sp³-hybridized carbons (Fsp3) is 0.750. The third-order valence-electron chi connectivity index (χ3n) is 2.20. The number of nitrogens with zero attached hydrogens (tertiary/aromatic N) is 2. The summed E-state index contributed by atoms with van der Waals surface area (Å²) < 4.78 is 4.29. The highest BCUT2D eigenvalue weighted by Gasteiger charge is 2.06. The van der Waals surface area contributed by atoms with Crippen LogP contribution >= 0.6 is 11.3 Å². The van der Waals surface area contributed by atoms with E-state index in [0.29, 0.717) is 12.5 Å². The first kappa shape index (κ1) is 33.1. The van der Waals surface area contributed by atoms with Crippen LogP contribution in [0.3, 0.4) is 0 Å². The number of carbonyl (C=O) groups is 2. The Balaban J connectivity index is -0.000000160. The summed E-state index contributed by atoms with van der Waals surface area (Å²) in [6.07, 6.45) is 2.06. The molecule has 0 unspecified atom stereocenters. The van der Waals surface area contributed by atoms with Gasteiger partial charge in [-0.2, -0.15) is 0 Å². The molecule has 0 aliphatic rings. The van der Waals surface area contributed by atoms with E-state index in [1.54, 1.807) is 30.3 Å². The molecule has 6 nitrogen and oxygen atoms in total. The van der Waals surface area contributed by atoms with Crippen LogP contribution in [0.1, 0.15) is 78.4 Å². The molecule has 1 amide bonds. The van der Waals surface area contributed by atoms with Crippen molar-refractivity contribution in [1.29, 1.82) is 0 Å². The van der Waals surface area contributed by atoms with Crippen molar-refractivity contribution in [3.63, 3.8) is 0 Å². The number of aromatic nitrogens is 1. The van der Waals surface area contributed by atoms with E-state index in [9.17, 15) is 9.59 Å². The van der Waals surface area contributed by atoms with Crippen molar-refractivity contribution < 1.29 is 14.3 Å². The minimum Gasteiger partial charge on any atom is -0.468 e. The molecule has 0 aromatic carbocycles. The molecule has 0 spiro atoms. The van der Waals surface area contributed by atoms with E-state index >= 15 is 0 Å². The van der Waals surface area contributed by atoms with Crippen molar-refractivity contribution in [2.75, 3.05) is 27.7 Å². The Bertz CT molecular complexity index is 424. The van der Waals surface area contributed by atoms with Gasteiger partial charge in [-0.3, -0.25) is 9.59 Å². The Morgan fingerprint density at radius 3 is 2.04 bits per heavy atom. The van der Waals surface area contributed by atoms with E-state index in [0.717, 1.165) is 17.1 Å². The molecule has 7 heteroatoms. The van der Waals surface area contributed by atoms with Crippen LogP contribution in [0, 0.1) is 0 Å². The molecule has 1 heterocycles. The second kappa shape index (κ2) is 26.8. The molecule has 27 heavy (non-hydrogen) atoms. The predicted octanol–water partition coefficient (Wildman–Crippen LogP) is 4.70. The average molecular weight is 406 g/mol. The van der Waals surface area contributed by atoms with Gasteiger partial charge >= 0.3 is 5.97 Å². The van der Waals surface area contributed by atoms with Crippen LogP contribution in [0.25, 0.3) is 0 Å². The number of rotatable bonds is 6. The van der Waals surface area contributed by atoms with Crippen molar-refractivity contribution in [1.82, 2.24) is 15.2 Å². The lowest BCUT2D eigenvalue weighted by atomic mass is 10.2. The number of likely N-dealkylation sites (N-methyl/N-ethyl adjacent to an activating group) is 1. The maximum absolute atomic E-state index is 10.4. The van der Waals surface area contributed by atoms with Crippen LogP contribution in [0.2, 0.25) is 0 Å². The van der Waals surface area contributed by atoms with Gasteiger partial charge < -0.3 is 15.0 Å². The summed E-state index contributed by atoms with van der Waals surface area (Å²) in [4.78, 5) is 26.5. The van der Waals surface area contributed by atoms with Crippen LogP contribution in [0.15, 0.2) is 5.38 Å². The van der Waals surface area contributed by atoms with Crippen molar-refractivity contribution in [2.24, 2.45) is 0 Å². The van der Waals surface area contributed by atoms with E-state index in [1.165, 1.54) is 13.5 Å². The highest BCUT2D eigenvalue weighted by Crippen LogP contribution is 2.19. The standard InChI is InChI=1S/C9H14N2OS.C4H9NO2.C3H8.2C2H6/c1-7(2)9-10-8(5-13-9)4-11(3)6-12;1-5-3-4(6)7-2;1-3-2;2*1-2/h5-7H,4H2,1-3H3;5H,3H2,1-2H3;3H2,1-2H3;2*1-2H3. The highest BCUT2D eigenvalue weighted by molar-refractivity contribution is 7.09. The zero-order valence-electron chi connectivity index (χ0n) is 19.4. The number of amides is 1. The quantitative estimate of drug-likeness (QED) is 0.548. The molecule has 0 radical (unpaired) electrons. The summed E-state index contributed by atoms with van der Waals surface area (Å²) in [6, 6.07) is 0. The largest absolute Gasteiger partial charge is 0.468 e. The van der Waals surface area contributed by atoms with E-state index in [4.69, 9.17) is 0 Å². The number of methoxy groups -OCH3 is 1. The number of hydrogen-bond donors (Lipinski definition) is 1. The van der Waals surface area contributed by atoms with Gasteiger partial charge in [-0.15, -0.1) is 11.3 Å². The van der Waals surface area contributed by atoms with Crippen molar-refractivity contribution in [3.05, 3.63) is 16.1 Å². The molecule has 162 valence electrons. The van der Waals surface area contributed by atoms with Gasteiger partial charge in [-0.05, 0) is 7.05 Å². The molecule has 0 saturated carbocycles. The van der Waals surface area contributed by atoms with Gasteiger partial charge in [0, 0.05) is 18.3 Å². The predicted molar refractivity (Wildman–Crippen MR) is 118 cm³/mol. The average Bonchev–Trinajstić information content (AvgIpc) is 3.15. The lowest BCUT2D eigenvalue weighted by molar-refractivity contribution is -0.139. The first-order valence-corrected chi connectivity index (χ1v) is 10.5. The summed E-state index contributed by atoms with van der Waals surface area (Å²) in [7, 11) is 4.80. The summed E-state index contributed by atoms with van der Waals surface area (Å²) in [5.74, 6) is 0.239. The molecule has 1 N–H and O–H groups in total. The van der Waals surface area contributed by atoms with Gasteiger partial charge in [-0.25, -0.2) is 4.98 Å². The lowest BCUT2D eigenvalue weighted by Crippen LogP contribution is -2.19. The molecule has 0 aliphatic carbocycles. The van der Waals surface area contributed by atoms with Crippen molar-refractivity contribution in [3.8, 4) is 0 Å². The van der Waals surface area contributed by atoms with Crippen LogP contribution in [-0.2, 0) is 20.9 Å². The van der Waals surface area contributed by atoms with Crippen LogP contribution < -0.4 is 5.32 Å². The molecule has 0 fully saturated rings.